The number of methoxy groups -OCH3 is 1. The van der Waals surface area contributed by atoms with E-state index in [1.807, 2.05) is 54.6 Å². The maximum atomic E-state index is 12.9. The number of hydrogen-bond acceptors (Lipinski definition) is 5. The third kappa shape index (κ3) is 3.80. The Labute approximate surface area is 172 Å². The zero-order valence-corrected chi connectivity index (χ0v) is 16.6. The summed E-state index contributed by atoms with van der Waals surface area (Å²) in [5, 5.41) is 5.77. The Morgan fingerprint density at radius 2 is 1.83 bits per heavy atom. The minimum Gasteiger partial charge on any atom is -0.497 e. The highest BCUT2D eigenvalue weighted by Gasteiger charge is 2.20. The molecule has 4 rings (SSSR count). The van der Waals surface area contributed by atoms with Crippen LogP contribution in [0.2, 0.25) is 0 Å². The Morgan fingerprint density at radius 3 is 2.53 bits per heavy atom. The van der Waals surface area contributed by atoms with Gasteiger partial charge in [0.05, 0.1) is 25.3 Å². The van der Waals surface area contributed by atoms with E-state index in [1.165, 1.54) is 10.8 Å². The number of nitrogens with zero attached hydrogens (tertiary/aromatic N) is 3. The van der Waals surface area contributed by atoms with E-state index in [9.17, 15) is 9.59 Å². The number of amides is 1. The smallest absolute Gasteiger partial charge is 0.277 e. The van der Waals surface area contributed by atoms with Crippen molar-refractivity contribution in [2.75, 3.05) is 7.11 Å². The quantitative estimate of drug-likeness (QED) is 0.514. The minimum atomic E-state index is -0.364. The van der Waals surface area contributed by atoms with Gasteiger partial charge in [-0.2, -0.15) is 4.52 Å². The van der Waals surface area contributed by atoms with Crippen LogP contribution in [0.3, 0.4) is 0 Å². The molecule has 0 saturated heterocycles. The number of hydrogen-bond donors (Lipinski definition) is 2. The van der Waals surface area contributed by atoms with Crippen LogP contribution in [0.1, 0.15) is 28.4 Å². The van der Waals surface area contributed by atoms with E-state index < -0.39 is 0 Å². The summed E-state index contributed by atoms with van der Waals surface area (Å²) in [5.41, 5.74) is 2.34. The summed E-state index contributed by atoms with van der Waals surface area (Å²) >= 11 is 0. The van der Waals surface area contributed by atoms with Gasteiger partial charge in [0, 0.05) is 5.56 Å². The molecule has 0 fully saturated rings. The number of aromatic amines is 1. The highest BCUT2D eigenvalue weighted by molar-refractivity contribution is 5.79. The van der Waals surface area contributed by atoms with Crippen LogP contribution in [0.15, 0.2) is 65.7 Å². The van der Waals surface area contributed by atoms with E-state index in [0.29, 0.717) is 11.3 Å². The molecule has 0 radical (unpaired) electrons. The molecule has 152 valence electrons. The molecule has 0 bridgehead atoms. The van der Waals surface area contributed by atoms with Crippen molar-refractivity contribution in [3.8, 4) is 5.75 Å². The number of aryl methyl sites for hydroxylation is 1. The van der Waals surface area contributed by atoms with Gasteiger partial charge in [0.15, 0.2) is 0 Å². The Bertz CT molecular complexity index is 1230. The van der Waals surface area contributed by atoms with E-state index >= 15 is 0 Å². The van der Waals surface area contributed by atoms with E-state index in [1.54, 1.807) is 14.0 Å². The van der Waals surface area contributed by atoms with Crippen molar-refractivity contribution in [3.63, 3.8) is 0 Å². The van der Waals surface area contributed by atoms with Crippen LogP contribution >= 0.6 is 0 Å². The predicted molar refractivity (Wildman–Crippen MR) is 111 cm³/mol. The first-order valence-corrected chi connectivity index (χ1v) is 9.46. The van der Waals surface area contributed by atoms with Crippen LogP contribution in [0.5, 0.6) is 5.75 Å². The summed E-state index contributed by atoms with van der Waals surface area (Å²) in [5.74, 6) is 0.739. The molecular formula is C22H21N5O3. The first-order valence-electron chi connectivity index (χ1n) is 9.46. The van der Waals surface area contributed by atoms with E-state index in [2.05, 4.69) is 20.4 Å². The molecule has 0 aliphatic rings. The molecule has 8 heteroatoms. The molecule has 2 heterocycles. The van der Waals surface area contributed by atoms with Crippen molar-refractivity contribution >= 4 is 11.7 Å². The average Bonchev–Trinajstić information content (AvgIpc) is 3.24. The minimum absolute atomic E-state index is 0.0842. The molecule has 1 amide bonds. The van der Waals surface area contributed by atoms with Crippen molar-refractivity contribution in [2.45, 2.75) is 19.4 Å². The first-order chi connectivity index (χ1) is 14.6. The van der Waals surface area contributed by atoms with Gasteiger partial charge in [0.2, 0.25) is 5.91 Å². The second-order valence-corrected chi connectivity index (χ2v) is 6.86. The number of ether oxygens (including phenoxy) is 1. The number of nitrogens with one attached hydrogen (secondary N) is 2. The lowest BCUT2D eigenvalue weighted by molar-refractivity contribution is -0.121. The van der Waals surface area contributed by atoms with E-state index in [-0.39, 0.29) is 29.7 Å². The van der Waals surface area contributed by atoms with E-state index in [0.717, 1.165) is 16.9 Å². The molecule has 0 aliphatic heterocycles. The number of benzene rings is 2. The lowest BCUT2D eigenvalue weighted by Gasteiger charge is -2.20. The standard InChI is InChI=1S/C22H21N5O3/c1-14-18(21(29)27-22(25-14)23-13-24-27)12-19(28)26-20(15-6-4-3-5-7-15)16-8-10-17(30-2)11-9-16/h3-11,13,20H,12H2,1-2H3,(H,26,28)(H,23,24,25). The average molecular weight is 403 g/mol. The van der Waals surface area contributed by atoms with Gasteiger partial charge in [-0.25, -0.2) is 9.97 Å². The zero-order valence-electron chi connectivity index (χ0n) is 16.6. The van der Waals surface area contributed by atoms with Crippen molar-refractivity contribution in [3.05, 3.63) is 93.7 Å². The highest BCUT2D eigenvalue weighted by Crippen LogP contribution is 2.24. The van der Waals surface area contributed by atoms with Gasteiger partial charge in [-0.1, -0.05) is 42.5 Å². The Balaban J connectivity index is 1.63. The molecule has 8 nitrogen and oxygen atoms in total. The molecule has 2 aromatic carbocycles. The van der Waals surface area contributed by atoms with Gasteiger partial charge >= 0.3 is 0 Å². The van der Waals surface area contributed by atoms with Crippen LogP contribution in [0, 0.1) is 6.92 Å². The number of rotatable bonds is 6. The summed E-state index contributed by atoms with van der Waals surface area (Å²) in [6.45, 7) is 1.71. The number of H-pyrrole nitrogens is 1. The molecule has 0 saturated carbocycles. The highest BCUT2D eigenvalue weighted by atomic mass is 16.5. The first kappa shape index (κ1) is 19.4. The largest absolute Gasteiger partial charge is 0.497 e. The Kier molecular flexibility index (Phi) is 5.30. The third-order valence-corrected chi connectivity index (χ3v) is 4.96. The topological polar surface area (TPSA) is 101 Å². The molecule has 2 N–H and O–H groups in total. The van der Waals surface area contributed by atoms with Gasteiger partial charge in [0.1, 0.15) is 12.1 Å². The van der Waals surface area contributed by atoms with Crippen LogP contribution in [-0.4, -0.2) is 32.6 Å². The van der Waals surface area contributed by atoms with Crippen molar-refractivity contribution in [1.82, 2.24) is 24.9 Å². The molecular weight excluding hydrogens is 382 g/mol. The maximum absolute atomic E-state index is 12.9. The third-order valence-electron chi connectivity index (χ3n) is 4.96. The van der Waals surface area contributed by atoms with Gasteiger partial charge in [-0.15, -0.1) is 0 Å². The fraction of sp³-hybridized carbons (Fsp3) is 0.182. The van der Waals surface area contributed by atoms with Crippen LogP contribution in [0.4, 0.5) is 0 Å². The fourth-order valence-corrected chi connectivity index (χ4v) is 3.37. The predicted octanol–water partition coefficient (Wildman–Crippen LogP) is 2.18. The summed E-state index contributed by atoms with van der Waals surface area (Å²) in [7, 11) is 1.61. The maximum Gasteiger partial charge on any atom is 0.277 e. The lowest BCUT2D eigenvalue weighted by Crippen LogP contribution is -2.33. The monoisotopic (exact) mass is 403 g/mol. The molecule has 0 spiro atoms. The number of carbonyl (C=O) groups excluding carboxylic acids is 1. The molecule has 1 unspecified atom stereocenters. The lowest BCUT2D eigenvalue weighted by atomic mass is 9.98. The van der Waals surface area contributed by atoms with Gasteiger partial charge < -0.3 is 10.1 Å². The number of carbonyl (C=O) groups is 1. The zero-order chi connectivity index (χ0) is 21.1. The van der Waals surface area contributed by atoms with Crippen molar-refractivity contribution in [1.29, 1.82) is 0 Å². The van der Waals surface area contributed by atoms with Gasteiger partial charge in [-0.3, -0.25) is 14.7 Å². The van der Waals surface area contributed by atoms with Gasteiger partial charge in [-0.05, 0) is 30.2 Å². The molecule has 0 aliphatic carbocycles. The number of fused-ring (bicyclic) bond motifs is 1. The van der Waals surface area contributed by atoms with Crippen molar-refractivity contribution in [2.24, 2.45) is 0 Å². The Morgan fingerprint density at radius 1 is 1.13 bits per heavy atom. The summed E-state index contributed by atoms with van der Waals surface area (Å²) in [6, 6.07) is 16.8. The normalized spacial score (nSPS) is 11.9. The van der Waals surface area contributed by atoms with Gasteiger partial charge in [0.25, 0.3) is 11.3 Å². The molecule has 4 aromatic rings. The summed E-state index contributed by atoms with van der Waals surface area (Å²) < 4.78 is 6.46. The van der Waals surface area contributed by atoms with Crippen LogP contribution < -0.4 is 15.6 Å². The van der Waals surface area contributed by atoms with E-state index in [4.69, 9.17) is 4.74 Å². The Hall–Kier alpha value is -3.94. The molecule has 1 atom stereocenters. The molecule has 2 aromatic heterocycles. The molecule has 30 heavy (non-hydrogen) atoms. The van der Waals surface area contributed by atoms with Crippen LogP contribution in [-0.2, 0) is 11.2 Å². The summed E-state index contributed by atoms with van der Waals surface area (Å²) in [4.78, 5) is 33.9. The van der Waals surface area contributed by atoms with Crippen LogP contribution in [0.25, 0.3) is 5.78 Å². The SMILES string of the molecule is COc1ccc(C(NC(=O)Cc2c(C)nc3nc[nH]n3c2=O)c2ccccc2)cc1. The van der Waals surface area contributed by atoms with Crippen molar-refractivity contribution < 1.29 is 9.53 Å². The second kappa shape index (κ2) is 8.20. The summed E-state index contributed by atoms with van der Waals surface area (Å²) in [6.07, 6.45) is 1.31. The number of aromatic nitrogens is 4. The fourth-order valence-electron chi connectivity index (χ4n) is 3.37. The second-order valence-electron chi connectivity index (χ2n) is 6.86.